The van der Waals surface area contributed by atoms with Gasteiger partial charge < -0.3 is 15.0 Å². The molecule has 0 aromatic carbocycles. The Bertz CT molecular complexity index is 480. The molecule has 0 spiro atoms. The molecule has 2 rings (SSSR count). The van der Waals surface area contributed by atoms with E-state index in [9.17, 15) is 4.79 Å². The normalized spacial score (nSPS) is 19.0. The molecule has 7 nitrogen and oxygen atoms in total. The fourth-order valence-electron chi connectivity index (χ4n) is 2.45. The van der Waals surface area contributed by atoms with Crippen LogP contribution in [0.25, 0.3) is 0 Å². The van der Waals surface area contributed by atoms with Gasteiger partial charge in [0, 0.05) is 38.9 Å². The molecule has 1 amide bonds. The van der Waals surface area contributed by atoms with Crippen molar-refractivity contribution in [1.82, 2.24) is 25.2 Å². The largest absolute Gasteiger partial charge is 0.444 e. The molecular formula is C14H25N5O2. The van der Waals surface area contributed by atoms with Crippen molar-refractivity contribution in [3.05, 3.63) is 11.9 Å². The van der Waals surface area contributed by atoms with Gasteiger partial charge in [-0.25, -0.2) is 4.79 Å². The lowest BCUT2D eigenvalue weighted by atomic mass is 10.2. The maximum absolute atomic E-state index is 12.2. The number of aromatic nitrogens is 3. The van der Waals surface area contributed by atoms with Crippen LogP contribution in [0.2, 0.25) is 0 Å². The highest BCUT2D eigenvalue weighted by Crippen LogP contribution is 2.20. The molecule has 1 N–H and O–H groups in total. The number of nitrogens with one attached hydrogen (secondary N) is 1. The van der Waals surface area contributed by atoms with Crippen molar-refractivity contribution in [2.45, 2.75) is 51.8 Å². The van der Waals surface area contributed by atoms with Gasteiger partial charge in [0.05, 0.1) is 5.69 Å². The monoisotopic (exact) mass is 295 g/mol. The average Bonchev–Trinajstić information content (AvgIpc) is 2.96. The Hall–Kier alpha value is -1.63. The molecule has 0 aliphatic carbocycles. The highest BCUT2D eigenvalue weighted by atomic mass is 16.6. The summed E-state index contributed by atoms with van der Waals surface area (Å²) >= 11 is 0. The quantitative estimate of drug-likeness (QED) is 0.906. The summed E-state index contributed by atoms with van der Waals surface area (Å²) in [5.74, 6) is 0. The van der Waals surface area contributed by atoms with E-state index in [4.69, 9.17) is 4.74 Å². The van der Waals surface area contributed by atoms with Crippen LogP contribution in [0.5, 0.6) is 0 Å². The summed E-state index contributed by atoms with van der Waals surface area (Å²) in [7, 11) is 1.84. The fourth-order valence-corrected chi connectivity index (χ4v) is 2.45. The van der Waals surface area contributed by atoms with Crippen LogP contribution in [0.1, 0.15) is 39.3 Å². The molecule has 7 heteroatoms. The van der Waals surface area contributed by atoms with Crippen LogP contribution in [0, 0.1) is 0 Å². The van der Waals surface area contributed by atoms with Crippen LogP contribution in [0.3, 0.4) is 0 Å². The average molecular weight is 295 g/mol. The predicted molar refractivity (Wildman–Crippen MR) is 78.7 cm³/mol. The van der Waals surface area contributed by atoms with E-state index in [1.807, 2.05) is 38.9 Å². The van der Waals surface area contributed by atoms with Gasteiger partial charge in [-0.2, -0.15) is 0 Å². The van der Waals surface area contributed by atoms with Crippen molar-refractivity contribution in [2.75, 3.05) is 13.1 Å². The second-order valence-electron chi connectivity index (χ2n) is 6.48. The van der Waals surface area contributed by atoms with E-state index in [-0.39, 0.29) is 12.1 Å². The number of ether oxygens (including phenoxy) is 1. The van der Waals surface area contributed by atoms with Gasteiger partial charge in [0.2, 0.25) is 0 Å². The third-order valence-electron chi connectivity index (χ3n) is 3.34. The fraction of sp³-hybridized carbons (Fsp3) is 0.786. The number of hydrogen-bond acceptors (Lipinski definition) is 5. The molecule has 0 radical (unpaired) electrons. The van der Waals surface area contributed by atoms with E-state index in [0.717, 1.165) is 31.6 Å². The molecule has 1 aliphatic heterocycles. The summed E-state index contributed by atoms with van der Waals surface area (Å²) < 4.78 is 7.13. The highest BCUT2D eigenvalue weighted by Gasteiger charge is 2.31. The number of likely N-dealkylation sites (tertiary alicyclic amines) is 1. The van der Waals surface area contributed by atoms with Gasteiger partial charge in [-0.05, 0) is 33.6 Å². The van der Waals surface area contributed by atoms with Crippen LogP contribution in [0.15, 0.2) is 6.20 Å². The zero-order valence-corrected chi connectivity index (χ0v) is 13.3. The van der Waals surface area contributed by atoms with Crippen molar-refractivity contribution in [1.29, 1.82) is 0 Å². The van der Waals surface area contributed by atoms with Crippen molar-refractivity contribution in [3.8, 4) is 0 Å². The molecular weight excluding hydrogens is 270 g/mol. The van der Waals surface area contributed by atoms with Gasteiger partial charge in [-0.3, -0.25) is 4.68 Å². The van der Waals surface area contributed by atoms with Gasteiger partial charge in [0.25, 0.3) is 0 Å². The minimum absolute atomic E-state index is 0.191. The summed E-state index contributed by atoms with van der Waals surface area (Å²) in [6.07, 6.45) is 3.70. The Labute approximate surface area is 125 Å². The second kappa shape index (κ2) is 6.43. The number of carbonyl (C=O) groups is 1. The lowest BCUT2D eigenvalue weighted by molar-refractivity contribution is 0.0226. The van der Waals surface area contributed by atoms with Crippen LogP contribution in [-0.4, -0.2) is 50.7 Å². The molecule has 21 heavy (non-hydrogen) atoms. The van der Waals surface area contributed by atoms with Gasteiger partial charge in [0.15, 0.2) is 0 Å². The molecule has 1 saturated heterocycles. The van der Waals surface area contributed by atoms with Gasteiger partial charge >= 0.3 is 6.09 Å². The minimum atomic E-state index is -0.447. The number of hydrogen-bond donors (Lipinski definition) is 1. The van der Waals surface area contributed by atoms with Crippen LogP contribution >= 0.6 is 0 Å². The number of nitrogens with zero attached hydrogens (tertiary/aromatic N) is 4. The van der Waals surface area contributed by atoms with Crippen molar-refractivity contribution in [2.24, 2.45) is 7.05 Å². The third kappa shape index (κ3) is 4.70. The summed E-state index contributed by atoms with van der Waals surface area (Å²) in [6, 6.07) is 0.191. The van der Waals surface area contributed by atoms with E-state index >= 15 is 0 Å². The molecule has 2 heterocycles. The van der Waals surface area contributed by atoms with E-state index in [2.05, 4.69) is 15.6 Å². The molecule has 118 valence electrons. The first-order valence-corrected chi connectivity index (χ1v) is 7.41. The lowest BCUT2D eigenvalue weighted by Crippen LogP contribution is -2.44. The Balaban J connectivity index is 1.80. The van der Waals surface area contributed by atoms with Crippen molar-refractivity contribution in [3.63, 3.8) is 0 Å². The highest BCUT2D eigenvalue weighted by molar-refractivity contribution is 5.69. The van der Waals surface area contributed by atoms with E-state index in [0.29, 0.717) is 6.54 Å². The van der Waals surface area contributed by atoms with E-state index in [1.54, 1.807) is 4.68 Å². The molecule has 0 bridgehead atoms. The molecule has 1 atom stereocenters. The minimum Gasteiger partial charge on any atom is -0.444 e. The Morgan fingerprint density at radius 3 is 2.90 bits per heavy atom. The van der Waals surface area contributed by atoms with Crippen LogP contribution in [0.4, 0.5) is 4.79 Å². The first kappa shape index (κ1) is 15.8. The van der Waals surface area contributed by atoms with Gasteiger partial charge in [-0.15, -0.1) is 5.10 Å². The second-order valence-corrected chi connectivity index (χ2v) is 6.48. The smallest absolute Gasteiger partial charge is 0.410 e. The molecule has 1 aliphatic rings. The van der Waals surface area contributed by atoms with Crippen molar-refractivity contribution >= 4 is 6.09 Å². The van der Waals surface area contributed by atoms with Crippen molar-refractivity contribution < 1.29 is 9.53 Å². The SMILES string of the molecule is Cn1cc(CNCC2CCCN2C(=O)OC(C)(C)C)nn1. The first-order chi connectivity index (χ1) is 9.85. The lowest BCUT2D eigenvalue weighted by Gasteiger charge is -2.28. The number of rotatable bonds is 4. The Morgan fingerprint density at radius 1 is 1.52 bits per heavy atom. The zero-order valence-electron chi connectivity index (χ0n) is 13.3. The Kier molecular flexibility index (Phi) is 4.82. The Morgan fingerprint density at radius 2 is 2.29 bits per heavy atom. The van der Waals surface area contributed by atoms with E-state index in [1.165, 1.54) is 0 Å². The summed E-state index contributed by atoms with van der Waals surface area (Å²) in [6.45, 7) is 7.85. The molecule has 1 aromatic rings. The molecule has 1 unspecified atom stereocenters. The zero-order chi connectivity index (χ0) is 15.5. The standard InChI is InChI=1S/C14H25N5O2/c1-14(2,3)21-13(20)19-7-5-6-12(19)9-15-8-11-10-18(4)17-16-11/h10,12,15H,5-9H2,1-4H3. The van der Waals surface area contributed by atoms with Gasteiger partial charge in [-0.1, -0.05) is 5.21 Å². The van der Waals surface area contributed by atoms with Crippen LogP contribution in [-0.2, 0) is 18.3 Å². The summed E-state index contributed by atoms with van der Waals surface area (Å²) in [5.41, 5.74) is 0.455. The third-order valence-corrected chi connectivity index (χ3v) is 3.34. The number of amides is 1. The summed E-state index contributed by atoms with van der Waals surface area (Å²) in [4.78, 5) is 14.0. The predicted octanol–water partition coefficient (Wildman–Crippen LogP) is 1.30. The topological polar surface area (TPSA) is 72.3 Å². The maximum atomic E-state index is 12.2. The number of aryl methyl sites for hydroxylation is 1. The molecule has 1 fully saturated rings. The number of carbonyl (C=O) groups excluding carboxylic acids is 1. The summed E-state index contributed by atoms with van der Waals surface area (Å²) in [5, 5.41) is 11.3. The maximum Gasteiger partial charge on any atom is 0.410 e. The first-order valence-electron chi connectivity index (χ1n) is 7.41. The van der Waals surface area contributed by atoms with Gasteiger partial charge in [0.1, 0.15) is 5.60 Å². The molecule has 0 saturated carbocycles. The van der Waals surface area contributed by atoms with E-state index < -0.39 is 5.60 Å². The van der Waals surface area contributed by atoms with Crippen LogP contribution < -0.4 is 5.32 Å². The molecule has 1 aromatic heterocycles.